The van der Waals surface area contributed by atoms with Crippen LogP contribution in [0.2, 0.25) is 0 Å². The number of alkyl halides is 1. The molecule has 84 valence electrons. The molecule has 0 amide bonds. The molecule has 0 unspecified atom stereocenters. The fourth-order valence-corrected chi connectivity index (χ4v) is 1.93. The van der Waals surface area contributed by atoms with Crippen molar-refractivity contribution in [1.29, 1.82) is 0 Å². The van der Waals surface area contributed by atoms with Gasteiger partial charge in [0.05, 0.1) is 12.2 Å². The van der Waals surface area contributed by atoms with Crippen LogP contribution < -0.4 is 0 Å². The van der Waals surface area contributed by atoms with Crippen LogP contribution in [-0.2, 0) is 4.74 Å². The highest BCUT2D eigenvalue weighted by Gasteiger charge is 2.49. The topological polar surface area (TPSA) is 29.5 Å². The van der Waals surface area contributed by atoms with Crippen LogP contribution in [0.15, 0.2) is 0 Å². The molecule has 1 N–H and O–H groups in total. The Balaban J connectivity index is 2.77. The van der Waals surface area contributed by atoms with Crippen LogP contribution in [0.5, 0.6) is 0 Å². The van der Waals surface area contributed by atoms with Crippen LogP contribution >= 0.6 is 0 Å². The molecule has 1 fully saturated rings. The molecule has 0 saturated carbocycles. The maximum atomic E-state index is 13.6. The number of halogens is 1. The molecule has 0 aromatic carbocycles. The number of rotatable bonds is 1. The molecule has 0 bridgehead atoms. The minimum Gasteiger partial charge on any atom is -0.387 e. The molecule has 14 heavy (non-hydrogen) atoms. The van der Waals surface area contributed by atoms with Gasteiger partial charge in [0, 0.05) is 0 Å². The van der Waals surface area contributed by atoms with Gasteiger partial charge in [0.25, 0.3) is 0 Å². The minimum absolute atomic E-state index is 0.104. The zero-order chi connectivity index (χ0) is 11.1. The summed E-state index contributed by atoms with van der Waals surface area (Å²) >= 11 is 0. The summed E-state index contributed by atoms with van der Waals surface area (Å²) in [4.78, 5) is 0. The summed E-state index contributed by atoms with van der Waals surface area (Å²) in [6, 6.07) is 0. The van der Waals surface area contributed by atoms with E-state index < -0.39 is 24.5 Å². The predicted octanol–water partition coefficient (Wildman–Crippen LogP) is 2.15. The van der Waals surface area contributed by atoms with Crippen molar-refractivity contribution < 1.29 is 14.2 Å². The zero-order valence-corrected chi connectivity index (χ0v) is 9.62. The van der Waals surface area contributed by atoms with Gasteiger partial charge in [0.1, 0.15) is 6.10 Å². The molecule has 3 heteroatoms. The summed E-state index contributed by atoms with van der Waals surface area (Å²) < 4.78 is 19.2. The summed E-state index contributed by atoms with van der Waals surface area (Å²) in [6.45, 7) is 9.69. The van der Waals surface area contributed by atoms with Crippen LogP contribution in [0.25, 0.3) is 0 Å². The number of ether oxygens (including phenoxy) is 1. The zero-order valence-electron chi connectivity index (χ0n) is 9.62. The lowest BCUT2D eigenvalue weighted by atomic mass is 9.85. The molecule has 4 atom stereocenters. The molecule has 0 aliphatic carbocycles. The highest BCUT2D eigenvalue weighted by molar-refractivity contribution is 4.96. The van der Waals surface area contributed by atoms with Gasteiger partial charge < -0.3 is 9.84 Å². The minimum atomic E-state index is -1.25. The van der Waals surface area contributed by atoms with E-state index in [9.17, 15) is 9.50 Å². The average Bonchev–Trinajstić information content (AvgIpc) is 2.28. The van der Waals surface area contributed by atoms with Crippen LogP contribution in [0.3, 0.4) is 0 Å². The van der Waals surface area contributed by atoms with Gasteiger partial charge in [-0.2, -0.15) is 0 Å². The van der Waals surface area contributed by atoms with Crippen molar-refractivity contribution in [3.8, 4) is 0 Å². The normalized spacial score (nSPS) is 39.4. The van der Waals surface area contributed by atoms with E-state index in [1.807, 2.05) is 34.6 Å². The predicted molar refractivity (Wildman–Crippen MR) is 53.9 cm³/mol. The average molecular weight is 204 g/mol. The van der Waals surface area contributed by atoms with Crippen molar-refractivity contribution in [3.05, 3.63) is 0 Å². The highest BCUT2D eigenvalue weighted by Crippen LogP contribution is 2.37. The Morgan fingerprint density at radius 2 is 1.79 bits per heavy atom. The second-order valence-corrected chi connectivity index (χ2v) is 5.57. The summed E-state index contributed by atoms with van der Waals surface area (Å²) in [7, 11) is 0. The Morgan fingerprint density at radius 3 is 2.00 bits per heavy atom. The molecule has 1 aliphatic rings. The van der Waals surface area contributed by atoms with Crippen LogP contribution in [-0.4, -0.2) is 29.6 Å². The molecule has 0 aromatic heterocycles. The fraction of sp³-hybridized carbons (Fsp3) is 1.00. The van der Waals surface area contributed by atoms with Gasteiger partial charge in [0.15, 0.2) is 6.17 Å². The number of aliphatic hydroxyl groups excluding tert-OH is 1. The number of hydrogen-bond donors (Lipinski definition) is 1. The van der Waals surface area contributed by atoms with E-state index in [-0.39, 0.29) is 11.3 Å². The van der Waals surface area contributed by atoms with E-state index in [0.29, 0.717) is 0 Å². The van der Waals surface area contributed by atoms with Crippen molar-refractivity contribution in [1.82, 2.24) is 0 Å². The van der Waals surface area contributed by atoms with Crippen molar-refractivity contribution in [3.63, 3.8) is 0 Å². The highest BCUT2D eigenvalue weighted by atomic mass is 19.1. The lowest BCUT2D eigenvalue weighted by Crippen LogP contribution is -2.37. The summed E-state index contributed by atoms with van der Waals surface area (Å²) in [6.07, 6.45) is -3.10. The van der Waals surface area contributed by atoms with Crippen LogP contribution in [0, 0.1) is 11.3 Å². The van der Waals surface area contributed by atoms with Gasteiger partial charge in [-0.1, -0.05) is 34.6 Å². The summed E-state index contributed by atoms with van der Waals surface area (Å²) in [5.74, 6) is 0.104. The second kappa shape index (κ2) is 3.78. The largest absolute Gasteiger partial charge is 0.387 e. The van der Waals surface area contributed by atoms with Gasteiger partial charge in [-0.3, -0.25) is 0 Å². The number of hydrogen-bond acceptors (Lipinski definition) is 2. The third-order valence-corrected chi connectivity index (χ3v) is 2.76. The van der Waals surface area contributed by atoms with Crippen molar-refractivity contribution in [2.75, 3.05) is 0 Å². The molecule has 0 spiro atoms. The van der Waals surface area contributed by atoms with Gasteiger partial charge >= 0.3 is 0 Å². The molecule has 1 saturated heterocycles. The molecule has 1 heterocycles. The Kier molecular flexibility index (Phi) is 3.22. The lowest BCUT2D eigenvalue weighted by molar-refractivity contribution is -0.0622. The molecule has 0 aromatic rings. The molecule has 0 radical (unpaired) electrons. The van der Waals surface area contributed by atoms with E-state index in [0.717, 1.165) is 0 Å². The first-order valence-corrected chi connectivity index (χ1v) is 5.22. The Bertz CT molecular complexity index is 198. The fourth-order valence-electron chi connectivity index (χ4n) is 1.93. The standard InChI is InChI=1S/C11H21FO2/c1-6(2)9-7(12)8(13)10(14-9)11(3,4)5/h6-10,13H,1-5H3/t7-,8-,9-,10-/m0/s1. The van der Waals surface area contributed by atoms with Gasteiger partial charge in [-0.05, 0) is 11.3 Å². The van der Waals surface area contributed by atoms with Crippen LogP contribution in [0.4, 0.5) is 4.39 Å². The molecule has 1 rings (SSSR count). The first-order valence-electron chi connectivity index (χ1n) is 5.22. The van der Waals surface area contributed by atoms with E-state index in [1.54, 1.807) is 0 Å². The smallest absolute Gasteiger partial charge is 0.155 e. The van der Waals surface area contributed by atoms with Gasteiger partial charge in [0.2, 0.25) is 0 Å². The summed E-state index contributed by atoms with van der Waals surface area (Å²) in [5.41, 5.74) is -0.215. The second-order valence-electron chi connectivity index (χ2n) is 5.57. The Hall–Kier alpha value is -0.150. The molecular formula is C11H21FO2. The van der Waals surface area contributed by atoms with E-state index in [4.69, 9.17) is 4.74 Å². The Labute approximate surface area is 85.5 Å². The van der Waals surface area contributed by atoms with Gasteiger partial charge in [-0.15, -0.1) is 0 Å². The maximum absolute atomic E-state index is 13.6. The van der Waals surface area contributed by atoms with E-state index in [1.165, 1.54) is 0 Å². The monoisotopic (exact) mass is 204 g/mol. The van der Waals surface area contributed by atoms with Crippen LogP contribution in [0.1, 0.15) is 34.6 Å². The first-order chi connectivity index (χ1) is 6.25. The quantitative estimate of drug-likeness (QED) is 0.709. The third kappa shape index (κ3) is 2.09. The SMILES string of the molecule is CC(C)[C@@H]1O[C@H](C(C)(C)C)[C@@H](O)[C@@H]1F. The van der Waals surface area contributed by atoms with E-state index >= 15 is 0 Å². The van der Waals surface area contributed by atoms with Gasteiger partial charge in [-0.25, -0.2) is 4.39 Å². The molecule has 2 nitrogen and oxygen atoms in total. The number of aliphatic hydroxyl groups is 1. The van der Waals surface area contributed by atoms with Crippen molar-refractivity contribution >= 4 is 0 Å². The van der Waals surface area contributed by atoms with Crippen molar-refractivity contribution in [2.45, 2.75) is 59.1 Å². The molecular weight excluding hydrogens is 183 g/mol. The maximum Gasteiger partial charge on any atom is 0.155 e. The molecule has 1 aliphatic heterocycles. The third-order valence-electron chi connectivity index (χ3n) is 2.76. The van der Waals surface area contributed by atoms with Crippen molar-refractivity contribution in [2.24, 2.45) is 11.3 Å². The summed E-state index contributed by atoms with van der Waals surface area (Å²) in [5, 5.41) is 9.71. The lowest BCUT2D eigenvalue weighted by Gasteiger charge is -2.29. The Morgan fingerprint density at radius 1 is 1.29 bits per heavy atom. The first kappa shape index (κ1) is 11.9. The van der Waals surface area contributed by atoms with E-state index in [2.05, 4.69) is 0 Å².